The fraction of sp³-hybridized carbons (Fsp3) is 0.444. The highest BCUT2D eigenvalue weighted by Crippen LogP contribution is 2.23. The van der Waals surface area contributed by atoms with Gasteiger partial charge >= 0.3 is 5.97 Å². The molecule has 0 amide bonds. The number of hydrogen-bond acceptors (Lipinski definition) is 4. The van der Waals surface area contributed by atoms with Gasteiger partial charge in [0.25, 0.3) is 0 Å². The monoisotopic (exact) mass is 232 g/mol. The highest BCUT2D eigenvalue weighted by Gasteiger charge is 2.21. The summed E-state index contributed by atoms with van der Waals surface area (Å²) in [5.74, 6) is -1.18. The van der Waals surface area contributed by atoms with E-state index in [9.17, 15) is 9.18 Å². The number of esters is 1. The molecule has 0 atom stereocenters. The van der Waals surface area contributed by atoms with Crippen LogP contribution in [0, 0.1) is 5.82 Å². The van der Waals surface area contributed by atoms with Crippen molar-refractivity contribution >= 4 is 17.9 Å². The minimum Gasteiger partial charge on any atom is -0.461 e. The normalized spacial score (nSPS) is 10.4. The maximum absolute atomic E-state index is 13.7. The average molecular weight is 232 g/mol. The Hall–Kier alpha value is -1.01. The molecule has 0 aromatic carbocycles. The molecule has 0 aliphatic heterocycles. The molecule has 1 heterocycles. The van der Waals surface area contributed by atoms with Gasteiger partial charge in [0.2, 0.25) is 0 Å². The number of aromatic nitrogens is 1. The van der Waals surface area contributed by atoms with Gasteiger partial charge in [0.15, 0.2) is 11.5 Å². The first-order chi connectivity index (χ1) is 7.11. The van der Waals surface area contributed by atoms with Crippen LogP contribution in [0.4, 0.5) is 4.39 Å². The third kappa shape index (κ3) is 2.51. The molecule has 15 heavy (non-hydrogen) atoms. The Morgan fingerprint density at radius 3 is 2.93 bits per heavy atom. The van der Waals surface area contributed by atoms with E-state index >= 15 is 0 Å². The van der Waals surface area contributed by atoms with Gasteiger partial charge in [-0.2, -0.15) is 0 Å². The van der Waals surface area contributed by atoms with Crippen LogP contribution in [0.1, 0.15) is 17.4 Å². The van der Waals surface area contributed by atoms with Gasteiger partial charge in [-0.15, -0.1) is 0 Å². The Morgan fingerprint density at radius 1 is 1.73 bits per heavy atom. The van der Waals surface area contributed by atoms with Crippen LogP contribution in [0.15, 0.2) is 11.1 Å². The van der Waals surface area contributed by atoms with E-state index in [0.717, 1.165) is 11.9 Å². The molecule has 0 fully saturated rings. The van der Waals surface area contributed by atoms with Crippen LogP contribution in [-0.2, 0) is 11.8 Å². The van der Waals surface area contributed by atoms with Gasteiger partial charge in [0.05, 0.1) is 11.5 Å². The number of carbonyl (C=O) groups is 1. The minimum atomic E-state index is -0.638. The molecule has 0 aliphatic carbocycles. The molecule has 0 aliphatic rings. The topological polar surface area (TPSA) is 43.3 Å². The van der Waals surface area contributed by atoms with Crippen LogP contribution in [0.2, 0.25) is 0 Å². The second-order valence-electron chi connectivity index (χ2n) is 2.79. The van der Waals surface area contributed by atoms with Crippen LogP contribution in [0.3, 0.4) is 0 Å². The third-order valence-electron chi connectivity index (χ3n) is 1.77. The van der Waals surface area contributed by atoms with Crippen molar-refractivity contribution < 1.29 is 13.9 Å². The molecule has 1 N–H and O–H groups in total. The van der Waals surface area contributed by atoms with E-state index in [1.807, 2.05) is 0 Å². The van der Waals surface area contributed by atoms with Gasteiger partial charge in [-0.3, -0.25) is 4.72 Å². The Kier molecular flexibility index (Phi) is 4.16. The molecule has 0 bridgehead atoms. The zero-order valence-electron chi connectivity index (χ0n) is 8.83. The fourth-order valence-electron chi connectivity index (χ4n) is 1.18. The quantitative estimate of drug-likeness (QED) is 0.632. The van der Waals surface area contributed by atoms with Gasteiger partial charge in [0.1, 0.15) is 0 Å². The maximum Gasteiger partial charge on any atom is 0.358 e. The zero-order chi connectivity index (χ0) is 11.4. The summed E-state index contributed by atoms with van der Waals surface area (Å²) in [6.45, 7) is 1.92. The first-order valence-electron chi connectivity index (χ1n) is 4.47. The number of carbonyl (C=O) groups excluding carboxylic acids is 1. The van der Waals surface area contributed by atoms with Crippen molar-refractivity contribution in [3.05, 3.63) is 17.7 Å². The molecule has 0 saturated carbocycles. The van der Waals surface area contributed by atoms with Crippen molar-refractivity contribution in [1.82, 2.24) is 9.29 Å². The molecule has 1 rings (SSSR count). The molecular weight excluding hydrogens is 219 g/mol. The van der Waals surface area contributed by atoms with Crippen molar-refractivity contribution in [2.24, 2.45) is 7.05 Å². The van der Waals surface area contributed by atoms with E-state index in [1.54, 1.807) is 27.2 Å². The lowest BCUT2D eigenvalue weighted by Gasteiger charge is -2.02. The van der Waals surface area contributed by atoms with Crippen LogP contribution < -0.4 is 4.72 Å². The maximum atomic E-state index is 13.7. The molecule has 0 unspecified atom stereocenters. The Morgan fingerprint density at radius 2 is 2.40 bits per heavy atom. The average Bonchev–Trinajstić information content (AvgIpc) is 2.43. The van der Waals surface area contributed by atoms with Crippen LogP contribution >= 0.6 is 11.9 Å². The van der Waals surface area contributed by atoms with Crippen molar-refractivity contribution in [3.8, 4) is 0 Å². The lowest BCUT2D eigenvalue weighted by Crippen LogP contribution is -2.11. The van der Waals surface area contributed by atoms with Crippen LogP contribution in [0.5, 0.6) is 0 Å². The Balaban J connectivity index is 3.02. The van der Waals surface area contributed by atoms with Crippen LogP contribution in [-0.4, -0.2) is 24.2 Å². The predicted molar refractivity (Wildman–Crippen MR) is 56.2 cm³/mol. The van der Waals surface area contributed by atoms with Gasteiger partial charge in [-0.05, 0) is 25.9 Å². The summed E-state index contributed by atoms with van der Waals surface area (Å²) in [5, 5.41) is 0. The van der Waals surface area contributed by atoms with E-state index in [1.165, 1.54) is 4.57 Å². The van der Waals surface area contributed by atoms with Gasteiger partial charge in [-0.1, -0.05) is 0 Å². The van der Waals surface area contributed by atoms with Gasteiger partial charge in [0, 0.05) is 13.2 Å². The smallest absolute Gasteiger partial charge is 0.358 e. The van der Waals surface area contributed by atoms with Crippen molar-refractivity contribution in [1.29, 1.82) is 0 Å². The van der Waals surface area contributed by atoms with Crippen molar-refractivity contribution in [2.75, 3.05) is 13.7 Å². The van der Waals surface area contributed by atoms with Gasteiger partial charge in [-0.25, -0.2) is 9.18 Å². The number of aryl methyl sites for hydroxylation is 1. The standard InChI is InChI=1S/C9H13FN2O2S/c1-4-14-9(13)8-7(10)6(15-11-2)5-12(8)3/h5,11H,4H2,1-3H3. The highest BCUT2D eigenvalue weighted by molar-refractivity contribution is 7.97. The van der Waals surface area contributed by atoms with Crippen LogP contribution in [0.25, 0.3) is 0 Å². The summed E-state index contributed by atoms with van der Waals surface area (Å²) < 4.78 is 22.6. The number of ether oxygens (including phenoxy) is 1. The largest absolute Gasteiger partial charge is 0.461 e. The summed E-state index contributed by atoms with van der Waals surface area (Å²) in [6.07, 6.45) is 1.54. The summed E-state index contributed by atoms with van der Waals surface area (Å²) in [4.78, 5) is 11.8. The molecule has 1 aromatic heterocycles. The summed E-state index contributed by atoms with van der Waals surface area (Å²) in [7, 11) is 3.29. The van der Waals surface area contributed by atoms with E-state index in [-0.39, 0.29) is 12.3 Å². The summed E-state index contributed by atoms with van der Waals surface area (Å²) in [6, 6.07) is 0. The third-order valence-corrected chi connectivity index (χ3v) is 2.48. The minimum absolute atomic E-state index is 0.0467. The molecule has 0 saturated heterocycles. The lowest BCUT2D eigenvalue weighted by molar-refractivity contribution is 0.0509. The number of nitrogens with one attached hydrogen (secondary N) is 1. The van der Waals surface area contributed by atoms with E-state index in [0.29, 0.717) is 4.90 Å². The first kappa shape index (κ1) is 12.1. The zero-order valence-corrected chi connectivity index (χ0v) is 9.65. The number of hydrogen-bond donors (Lipinski definition) is 1. The number of rotatable bonds is 4. The second-order valence-corrected chi connectivity index (χ2v) is 3.85. The number of nitrogens with zero attached hydrogens (tertiary/aromatic N) is 1. The molecule has 84 valence electrons. The summed E-state index contributed by atoms with van der Waals surface area (Å²) in [5.41, 5.74) is -0.0467. The molecule has 1 aromatic rings. The molecular formula is C9H13FN2O2S. The van der Waals surface area contributed by atoms with E-state index in [4.69, 9.17) is 4.74 Å². The molecule has 4 nitrogen and oxygen atoms in total. The Bertz CT molecular complexity index is 365. The fourth-order valence-corrected chi connectivity index (χ4v) is 1.80. The summed E-state index contributed by atoms with van der Waals surface area (Å²) >= 11 is 1.12. The molecule has 0 spiro atoms. The molecule has 0 radical (unpaired) electrons. The van der Waals surface area contributed by atoms with Gasteiger partial charge < -0.3 is 9.30 Å². The first-order valence-corrected chi connectivity index (χ1v) is 5.29. The molecule has 6 heteroatoms. The lowest BCUT2D eigenvalue weighted by atomic mass is 10.4. The second kappa shape index (κ2) is 5.18. The van der Waals surface area contributed by atoms with E-state index < -0.39 is 11.8 Å². The SMILES string of the molecule is CCOC(=O)c1c(F)c(SNC)cn1C. The van der Waals surface area contributed by atoms with E-state index in [2.05, 4.69) is 4.72 Å². The highest BCUT2D eigenvalue weighted by atomic mass is 32.2. The van der Waals surface area contributed by atoms with Crippen molar-refractivity contribution in [2.45, 2.75) is 11.8 Å². The Labute approximate surface area is 91.9 Å². The number of halogens is 1. The predicted octanol–water partition coefficient (Wildman–Crippen LogP) is 1.57. The van der Waals surface area contributed by atoms with Crippen molar-refractivity contribution in [3.63, 3.8) is 0 Å².